The smallest absolute Gasteiger partial charge is 0.326 e. The average molecular weight is 403 g/mol. The third-order valence-corrected chi connectivity index (χ3v) is 5.11. The largest absolute Gasteiger partial charge is 0.454 e. The van der Waals surface area contributed by atoms with Crippen LogP contribution in [0.1, 0.15) is 30.9 Å². The van der Waals surface area contributed by atoms with Crippen molar-refractivity contribution < 1.29 is 28.7 Å². The van der Waals surface area contributed by atoms with Crippen molar-refractivity contribution in [2.75, 3.05) is 26.3 Å². The lowest BCUT2D eigenvalue weighted by molar-refractivity contribution is -0.151. The highest BCUT2D eigenvalue weighted by Crippen LogP contribution is 2.28. The first-order valence-electron chi connectivity index (χ1n) is 9.55. The second kappa shape index (κ2) is 8.60. The second-order valence-electron chi connectivity index (χ2n) is 7.41. The van der Waals surface area contributed by atoms with Crippen molar-refractivity contribution in [3.63, 3.8) is 0 Å². The van der Waals surface area contributed by atoms with Crippen LogP contribution in [-0.2, 0) is 29.4 Å². The van der Waals surface area contributed by atoms with Gasteiger partial charge in [-0.2, -0.15) is 0 Å². The molecule has 2 heterocycles. The second-order valence-corrected chi connectivity index (χ2v) is 7.41. The third-order valence-electron chi connectivity index (χ3n) is 5.11. The molecule has 2 atom stereocenters. The Kier molecular flexibility index (Phi) is 6.17. The van der Waals surface area contributed by atoms with Crippen LogP contribution in [0.25, 0.3) is 0 Å². The van der Waals surface area contributed by atoms with Gasteiger partial charge in [-0.1, -0.05) is 29.8 Å². The van der Waals surface area contributed by atoms with Gasteiger partial charge >= 0.3 is 12.0 Å². The van der Waals surface area contributed by atoms with E-state index in [0.29, 0.717) is 18.7 Å². The normalized spacial score (nSPS) is 23.8. The lowest BCUT2D eigenvalue weighted by Gasteiger charge is -2.22. The molecule has 1 aromatic rings. The fourth-order valence-corrected chi connectivity index (χ4v) is 3.33. The number of imide groups is 1. The molecule has 29 heavy (non-hydrogen) atoms. The summed E-state index contributed by atoms with van der Waals surface area (Å²) in [4.78, 5) is 49.7. The average Bonchev–Trinajstić information content (AvgIpc) is 3.28. The zero-order valence-electron chi connectivity index (χ0n) is 16.5. The Morgan fingerprint density at radius 2 is 2.03 bits per heavy atom. The van der Waals surface area contributed by atoms with Crippen LogP contribution >= 0.6 is 0 Å². The Bertz CT molecular complexity index is 803. The van der Waals surface area contributed by atoms with E-state index in [1.165, 1.54) is 0 Å². The number of rotatable bonds is 7. The lowest BCUT2D eigenvalue weighted by atomic mass is 9.91. The fraction of sp³-hybridized carbons (Fsp3) is 0.500. The molecule has 0 unspecified atom stereocenters. The highest BCUT2D eigenvalue weighted by atomic mass is 16.5. The maximum Gasteiger partial charge on any atom is 0.326 e. The van der Waals surface area contributed by atoms with Gasteiger partial charge in [0.15, 0.2) is 6.61 Å². The Morgan fingerprint density at radius 1 is 1.31 bits per heavy atom. The minimum Gasteiger partial charge on any atom is -0.454 e. The van der Waals surface area contributed by atoms with Crippen molar-refractivity contribution >= 4 is 23.8 Å². The molecule has 9 nitrogen and oxygen atoms in total. The SMILES string of the molecule is Cc1ccc([C@]2(C)NC(=O)N(CC(=O)OCC(=O)NC[C@H]3CCCO3)C2=O)cc1. The molecule has 0 aliphatic carbocycles. The third kappa shape index (κ3) is 4.73. The summed E-state index contributed by atoms with van der Waals surface area (Å²) in [6.45, 7) is 3.50. The van der Waals surface area contributed by atoms with Crippen molar-refractivity contribution in [3.05, 3.63) is 35.4 Å². The number of amides is 4. The summed E-state index contributed by atoms with van der Waals surface area (Å²) in [6.07, 6.45) is 1.83. The first-order chi connectivity index (χ1) is 13.8. The summed E-state index contributed by atoms with van der Waals surface area (Å²) in [5.74, 6) is -1.85. The molecule has 2 aliphatic heterocycles. The van der Waals surface area contributed by atoms with Crippen LogP contribution in [0.5, 0.6) is 0 Å². The molecule has 9 heteroatoms. The number of ether oxygens (including phenoxy) is 2. The number of aryl methyl sites for hydroxylation is 1. The summed E-state index contributed by atoms with van der Waals surface area (Å²) in [5.41, 5.74) is 0.377. The minimum absolute atomic E-state index is 0.0139. The maximum absolute atomic E-state index is 12.8. The van der Waals surface area contributed by atoms with Crippen LogP contribution in [0, 0.1) is 6.92 Å². The summed E-state index contributed by atoms with van der Waals surface area (Å²) < 4.78 is 10.3. The van der Waals surface area contributed by atoms with Crippen LogP contribution in [-0.4, -0.2) is 61.1 Å². The topological polar surface area (TPSA) is 114 Å². The predicted molar refractivity (Wildman–Crippen MR) is 102 cm³/mol. The molecule has 1 aromatic carbocycles. The quantitative estimate of drug-likeness (QED) is 0.509. The van der Waals surface area contributed by atoms with Crippen molar-refractivity contribution in [1.82, 2.24) is 15.5 Å². The molecular weight excluding hydrogens is 378 g/mol. The molecule has 2 N–H and O–H groups in total. The number of benzene rings is 1. The van der Waals surface area contributed by atoms with Gasteiger partial charge in [-0.25, -0.2) is 4.79 Å². The summed E-state index contributed by atoms with van der Waals surface area (Å²) in [5, 5.41) is 5.25. The van der Waals surface area contributed by atoms with Crippen LogP contribution in [0.2, 0.25) is 0 Å². The first-order valence-corrected chi connectivity index (χ1v) is 9.55. The zero-order chi connectivity index (χ0) is 21.0. The Hall–Kier alpha value is -2.94. The Labute approximate surface area is 168 Å². The van der Waals surface area contributed by atoms with Crippen molar-refractivity contribution in [2.24, 2.45) is 0 Å². The number of nitrogens with zero attached hydrogens (tertiary/aromatic N) is 1. The highest BCUT2D eigenvalue weighted by Gasteiger charge is 2.49. The van der Waals surface area contributed by atoms with Crippen molar-refractivity contribution in [1.29, 1.82) is 0 Å². The number of hydrogen-bond acceptors (Lipinski definition) is 6. The number of esters is 1. The van der Waals surface area contributed by atoms with Gasteiger partial charge in [-0.05, 0) is 32.3 Å². The van der Waals surface area contributed by atoms with Gasteiger partial charge in [-0.3, -0.25) is 19.3 Å². The molecule has 4 amide bonds. The number of hydrogen-bond donors (Lipinski definition) is 2. The molecule has 2 fully saturated rings. The van der Waals surface area contributed by atoms with E-state index in [1.54, 1.807) is 19.1 Å². The van der Waals surface area contributed by atoms with E-state index in [2.05, 4.69) is 10.6 Å². The van der Waals surface area contributed by atoms with Gasteiger partial charge in [0.1, 0.15) is 12.1 Å². The minimum atomic E-state index is -1.26. The van der Waals surface area contributed by atoms with E-state index >= 15 is 0 Å². The summed E-state index contributed by atoms with van der Waals surface area (Å²) in [7, 11) is 0. The monoisotopic (exact) mass is 403 g/mol. The molecule has 0 saturated carbocycles. The van der Waals surface area contributed by atoms with Gasteiger partial charge < -0.3 is 20.1 Å². The first kappa shape index (κ1) is 20.8. The standard InChI is InChI=1S/C20H25N3O6/c1-13-5-7-14(8-6-13)20(2)18(26)23(19(27)22-20)11-17(25)29-12-16(24)21-10-15-4-3-9-28-15/h5-8,15H,3-4,9-12H2,1-2H3,(H,21,24)(H,22,27)/t15-,20+/m1/s1. The van der Waals surface area contributed by atoms with Crippen molar-refractivity contribution in [2.45, 2.75) is 38.3 Å². The number of carbonyl (C=O) groups is 4. The van der Waals surface area contributed by atoms with Gasteiger partial charge in [0, 0.05) is 13.2 Å². The molecule has 0 spiro atoms. The lowest BCUT2D eigenvalue weighted by Crippen LogP contribution is -2.42. The number of carbonyl (C=O) groups excluding carboxylic acids is 4. The Morgan fingerprint density at radius 3 is 2.69 bits per heavy atom. The van der Waals surface area contributed by atoms with Crippen LogP contribution in [0.4, 0.5) is 4.79 Å². The van der Waals surface area contributed by atoms with Crippen LogP contribution < -0.4 is 10.6 Å². The van der Waals surface area contributed by atoms with Gasteiger partial charge in [-0.15, -0.1) is 0 Å². The molecule has 2 aliphatic rings. The maximum atomic E-state index is 12.8. The number of nitrogens with one attached hydrogen (secondary N) is 2. The molecule has 0 bridgehead atoms. The molecular formula is C20H25N3O6. The molecule has 2 saturated heterocycles. The zero-order valence-corrected chi connectivity index (χ0v) is 16.5. The highest BCUT2D eigenvalue weighted by molar-refractivity contribution is 6.08. The van der Waals surface area contributed by atoms with Gasteiger partial charge in [0.2, 0.25) is 0 Å². The number of urea groups is 1. The van der Waals surface area contributed by atoms with E-state index in [4.69, 9.17) is 9.47 Å². The molecule has 0 aromatic heterocycles. The van der Waals surface area contributed by atoms with E-state index in [-0.39, 0.29) is 6.10 Å². The predicted octanol–water partition coefficient (Wildman–Crippen LogP) is 0.600. The molecule has 3 rings (SSSR count). The molecule has 156 valence electrons. The molecule has 0 radical (unpaired) electrons. The van der Waals surface area contributed by atoms with Gasteiger partial charge in [0.25, 0.3) is 11.8 Å². The fourth-order valence-electron chi connectivity index (χ4n) is 3.33. The van der Waals surface area contributed by atoms with E-state index < -0.39 is 42.5 Å². The van der Waals surface area contributed by atoms with E-state index in [9.17, 15) is 19.2 Å². The van der Waals surface area contributed by atoms with Crippen LogP contribution in [0.3, 0.4) is 0 Å². The van der Waals surface area contributed by atoms with E-state index in [1.807, 2.05) is 19.1 Å². The van der Waals surface area contributed by atoms with Crippen LogP contribution in [0.15, 0.2) is 24.3 Å². The van der Waals surface area contributed by atoms with Crippen molar-refractivity contribution in [3.8, 4) is 0 Å². The van der Waals surface area contributed by atoms with E-state index in [0.717, 1.165) is 23.3 Å². The summed E-state index contributed by atoms with van der Waals surface area (Å²) in [6, 6.07) is 6.51. The summed E-state index contributed by atoms with van der Waals surface area (Å²) >= 11 is 0. The van der Waals surface area contributed by atoms with Gasteiger partial charge in [0.05, 0.1) is 6.10 Å². The Balaban J connectivity index is 1.50.